The SMILES string of the molecule is COCC1OC(C)CC(O)C1O. The zero-order valence-corrected chi connectivity index (χ0v) is 7.43. The van der Waals surface area contributed by atoms with Gasteiger partial charge < -0.3 is 19.7 Å². The molecule has 1 fully saturated rings. The standard InChI is InChI=1S/C8H16O4/c1-5-3-6(9)8(10)7(12-5)4-11-2/h5-10H,3-4H2,1-2H3. The van der Waals surface area contributed by atoms with Gasteiger partial charge >= 0.3 is 0 Å². The lowest BCUT2D eigenvalue weighted by atomic mass is 9.99. The first-order valence-corrected chi connectivity index (χ1v) is 4.15. The molecular weight excluding hydrogens is 160 g/mol. The summed E-state index contributed by atoms with van der Waals surface area (Å²) in [6.45, 7) is 2.19. The minimum absolute atomic E-state index is 0.0106. The van der Waals surface area contributed by atoms with Crippen LogP contribution in [0.15, 0.2) is 0 Å². The van der Waals surface area contributed by atoms with Gasteiger partial charge in [0.1, 0.15) is 12.2 Å². The van der Waals surface area contributed by atoms with E-state index in [-0.39, 0.29) is 6.10 Å². The maximum absolute atomic E-state index is 9.43. The molecule has 2 N–H and O–H groups in total. The molecule has 4 nitrogen and oxygen atoms in total. The Labute approximate surface area is 72.1 Å². The number of ether oxygens (including phenoxy) is 2. The maximum Gasteiger partial charge on any atom is 0.110 e. The smallest absolute Gasteiger partial charge is 0.110 e. The van der Waals surface area contributed by atoms with E-state index in [1.165, 1.54) is 0 Å². The molecule has 12 heavy (non-hydrogen) atoms. The molecule has 0 aromatic rings. The van der Waals surface area contributed by atoms with E-state index in [2.05, 4.69) is 0 Å². The van der Waals surface area contributed by atoms with Crippen LogP contribution in [0.1, 0.15) is 13.3 Å². The van der Waals surface area contributed by atoms with Crippen molar-refractivity contribution < 1.29 is 19.7 Å². The van der Waals surface area contributed by atoms with Crippen LogP contribution in [0.5, 0.6) is 0 Å². The monoisotopic (exact) mass is 176 g/mol. The summed E-state index contributed by atoms with van der Waals surface area (Å²) in [7, 11) is 1.54. The number of hydrogen-bond acceptors (Lipinski definition) is 4. The summed E-state index contributed by atoms with van der Waals surface area (Å²) >= 11 is 0. The van der Waals surface area contributed by atoms with Gasteiger partial charge in [0, 0.05) is 13.5 Å². The zero-order chi connectivity index (χ0) is 9.14. The number of methoxy groups -OCH3 is 1. The normalized spacial score (nSPS) is 43.0. The average molecular weight is 176 g/mol. The summed E-state index contributed by atoms with van der Waals surface area (Å²) in [4.78, 5) is 0. The minimum atomic E-state index is -0.818. The number of aliphatic hydroxyl groups is 2. The van der Waals surface area contributed by atoms with Crippen molar-refractivity contribution in [1.29, 1.82) is 0 Å². The largest absolute Gasteiger partial charge is 0.390 e. The Balaban J connectivity index is 2.47. The van der Waals surface area contributed by atoms with Crippen molar-refractivity contribution in [2.45, 2.75) is 37.8 Å². The van der Waals surface area contributed by atoms with Crippen LogP contribution in [-0.4, -0.2) is 48.3 Å². The molecule has 0 saturated carbocycles. The highest BCUT2D eigenvalue weighted by atomic mass is 16.5. The van der Waals surface area contributed by atoms with Gasteiger partial charge in [-0.25, -0.2) is 0 Å². The average Bonchev–Trinajstić information content (AvgIpc) is 2.00. The van der Waals surface area contributed by atoms with Crippen molar-refractivity contribution >= 4 is 0 Å². The van der Waals surface area contributed by atoms with Crippen LogP contribution in [0.2, 0.25) is 0 Å². The molecule has 0 aromatic carbocycles. The first kappa shape index (κ1) is 9.92. The molecule has 0 amide bonds. The highest BCUT2D eigenvalue weighted by Gasteiger charge is 2.34. The van der Waals surface area contributed by atoms with Crippen LogP contribution in [0.3, 0.4) is 0 Å². The van der Waals surface area contributed by atoms with Gasteiger partial charge in [-0.1, -0.05) is 0 Å². The lowest BCUT2D eigenvalue weighted by molar-refractivity contribution is -0.177. The third kappa shape index (κ3) is 2.17. The van der Waals surface area contributed by atoms with E-state index in [1.54, 1.807) is 7.11 Å². The molecule has 4 heteroatoms. The van der Waals surface area contributed by atoms with Crippen LogP contribution in [0.25, 0.3) is 0 Å². The van der Waals surface area contributed by atoms with Gasteiger partial charge in [-0.2, -0.15) is 0 Å². The Kier molecular flexibility index (Phi) is 3.46. The van der Waals surface area contributed by atoms with Crippen molar-refractivity contribution in [3.8, 4) is 0 Å². The third-order valence-corrected chi connectivity index (χ3v) is 2.09. The Morgan fingerprint density at radius 3 is 2.75 bits per heavy atom. The van der Waals surface area contributed by atoms with Gasteiger partial charge in [0.15, 0.2) is 0 Å². The van der Waals surface area contributed by atoms with Gasteiger partial charge in [0.25, 0.3) is 0 Å². The van der Waals surface area contributed by atoms with E-state index < -0.39 is 18.3 Å². The molecule has 1 saturated heterocycles. The van der Waals surface area contributed by atoms with Crippen LogP contribution < -0.4 is 0 Å². The van der Waals surface area contributed by atoms with E-state index in [0.717, 1.165) is 0 Å². The zero-order valence-electron chi connectivity index (χ0n) is 7.43. The van der Waals surface area contributed by atoms with Gasteiger partial charge in [-0.3, -0.25) is 0 Å². The van der Waals surface area contributed by atoms with Gasteiger partial charge in [0.05, 0.1) is 18.8 Å². The van der Waals surface area contributed by atoms with Crippen molar-refractivity contribution in [3.05, 3.63) is 0 Å². The molecule has 1 aliphatic rings. The lowest BCUT2D eigenvalue weighted by Gasteiger charge is -2.35. The number of rotatable bonds is 2. The van der Waals surface area contributed by atoms with Crippen LogP contribution in [0.4, 0.5) is 0 Å². The summed E-state index contributed by atoms with van der Waals surface area (Å²) in [6, 6.07) is 0. The number of aliphatic hydroxyl groups excluding tert-OH is 2. The molecule has 0 bridgehead atoms. The molecule has 0 aromatic heterocycles. The van der Waals surface area contributed by atoms with Crippen molar-refractivity contribution in [1.82, 2.24) is 0 Å². The quantitative estimate of drug-likeness (QED) is 0.597. The molecule has 4 atom stereocenters. The molecule has 0 aliphatic carbocycles. The molecule has 1 rings (SSSR count). The van der Waals surface area contributed by atoms with E-state index >= 15 is 0 Å². The predicted molar refractivity (Wildman–Crippen MR) is 42.8 cm³/mol. The van der Waals surface area contributed by atoms with Gasteiger partial charge in [-0.05, 0) is 6.92 Å². The summed E-state index contributed by atoms with van der Waals surface area (Å²) in [5, 5.41) is 18.8. The van der Waals surface area contributed by atoms with Gasteiger partial charge in [-0.15, -0.1) is 0 Å². The molecular formula is C8H16O4. The maximum atomic E-state index is 9.43. The minimum Gasteiger partial charge on any atom is -0.390 e. The Morgan fingerprint density at radius 1 is 1.50 bits per heavy atom. The summed E-state index contributed by atoms with van der Waals surface area (Å²) < 4.78 is 10.2. The fourth-order valence-corrected chi connectivity index (χ4v) is 1.46. The highest BCUT2D eigenvalue weighted by molar-refractivity contribution is 4.83. The summed E-state index contributed by atoms with van der Waals surface area (Å²) in [6.07, 6.45) is -1.42. The lowest BCUT2D eigenvalue weighted by Crippen LogP contribution is -2.49. The summed E-state index contributed by atoms with van der Waals surface area (Å²) in [5.41, 5.74) is 0. The van der Waals surface area contributed by atoms with Crippen LogP contribution >= 0.6 is 0 Å². The fourth-order valence-electron chi connectivity index (χ4n) is 1.46. The van der Waals surface area contributed by atoms with Crippen molar-refractivity contribution in [2.75, 3.05) is 13.7 Å². The first-order valence-electron chi connectivity index (χ1n) is 4.15. The third-order valence-electron chi connectivity index (χ3n) is 2.09. The van der Waals surface area contributed by atoms with Crippen LogP contribution in [0, 0.1) is 0 Å². The molecule has 1 heterocycles. The summed E-state index contributed by atoms with van der Waals surface area (Å²) in [5.74, 6) is 0. The second-order valence-corrected chi connectivity index (χ2v) is 3.23. The predicted octanol–water partition coefficient (Wildman–Crippen LogP) is -0.468. The molecule has 0 radical (unpaired) electrons. The molecule has 0 spiro atoms. The van der Waals surface area contributed by atoms with E-state index in [0.29, 0.717) is 13.0 Å². The van der Waals surface area contributed by atoms with Crippen LogP contribution in [-0.2, 0) is 9.47 Å². The Hall–Kier alpha value is -0.160. The second-order valence-electron chi connectivity index (χ2n) is 3.23. The molecule has 1 aliphatic heterocycles. The Bertz CT molecular complexity index is 139. The van der Waals surface area contributed by atoms with Crippen molar-refractivity contribution in [3.63, 3.8) is 0 Å². The number of hydrogen-bond donors (Lipinski definition) is 2. The second kappa shape index (κ2) is 4.18. The Morgan fingerprint density at radius 2 is 2.17 bits per heavy atom. The van der Waals surface area contributed by atoms with Gasteiger partial charge in [0.2, 0.25) is 0 Å². The molecule has 72 valence electrons. The fraction of sp³-hybridized carbons (Fsp3) is 1.00. The molecule has 4 unspecified atom stereocenters. The highest BCUT2D eigenvalue weighted by Crippen LogP contribution is 2.19. The van der Waals surface area contributed by atoms with Crippen molar-refractivity contribution in [2.24, 2.45) is 0 Å². The first-order chi connectivity index (χ1) is 5.65. The van der Waals surface area contributed by atoms with E-state index in [4.69, 9.17) is 9.47 Å². The van der Waals surface area contributed by atoms with E-state index in [9.17, 15) is 10.2 Å². The topological polar surface area (TPSA) is 58.9 Å². The van der Waals surface area contributed by atoms with E-state index in [1.807, 2.05) is 6.92 Å².